The van der Waals surface area contributed by atoms with E-state index in [-0.39, 0.29) is 0 Å². The Hall–Kier alpha value is 0.190. The lowest BCUT2D eigenvalue weighted by Gasteiger charge is -2.48. The summed E-state index contributed by atoms with van der Waals surface area (Å²) in [5.74, 6) is 2.55. The highest BCUT2D eigenvalue weighted by Gasteiger charge is 2.32. The highest BCUT2D eigenvalue weighted by Crippen LogP contribution is 2.24. The van der Waals surface area contributed by atoms with Crippen molar-refractivity contribution in [2.45, 2.75) is 31.8 Å². The van der Waals surface area contributed by atoms with E-state index in [4.69, 9.17) is 4.74 Å². The Balaban J connectivity index is 1.65. The number of hydrazine groups is 1. The lowest BCUT2D eigenvalue weighted by molar-refractivity contribution is -0.140. The number of nitrogens with zero attached hydrogens (tertiary/aromatic N) is 3. The number of morpholine rings is 1. The SMILES string of the molecule is C1CCCN(C2CSCCN2N2CCOCC2)CC1. The molecule has 4 nitrogen and oxygen atoms in total. The van der Waals surface area contributed by atoms with E-state index in [2.05, 4.69) is 26.7 Å². The molecule has 0 amide bonds. The molecule has 3 aliphatic rings. The molecule has 1 unspecified atom stereocenters. The van der Waals surface area contributed by atoms with E-state index in [0.717, 1.165) is 26.3 Å². The maximum atomic E-state index is 5.50. The zero-order valence-corrected chi connectivity index (χ0v) is 12.7. The highest BCUT2D eigenvalue weighted by molar-refractivity contribution is 7.99. The molecule has 0 spiro atoms. The van der Waals surface area contributed by atoms with Gasteiger partial charge in [-0.3, -0.25) is 4.90 Å². The summed E-state index contributed by atoms with van der Waals surface area (Å²) in [5.41, 5.74) is 0. The minimum atomic E-state index is 0.634. The summed E-state index contributed by atoms with van der Waals surface area (Å²) < 4.78 is 5.50. The first kappa shape index (κ1) is 14.1. The van der Waals surface area contributed by atoms with Gasteiger partial charge in [-0.25, -0.2) is 10.0 Å². The predicted molar refractivity (Wildman–Crippen MR) is 80.3 cm³/mol. The number of rotatable bonds is 2. The van der Waals surface area contributed by atoms with Crippen molar-refractivity contribution in [2.75, 3.05) is 57.4 Å². The van der Waals surface area contributed by atoms with Crippen LogP contribution in [0.25, 0.3) is 0 Å². The number of likely N-dealkylation sites (tertiary alicyclic amines) is 1. The van der Waals surface area contributed by atoms with Gasteiger partial charge in [0.25, 0.3) is 0 Å². The van der Waals surface area contributed by atoms with Crippen molar-refractivity contribution in [3.05, 3.63) is 0 Å². The smallest absolute Gasteiger partial charge is 0.0852 e. The Labute approximate surface area is 121 Å². The summed E-state index contributed by atoms with van der Waals surface area (Å²) in [4.78, 5) is 2.74. The zero-order valence-electron chi connectivity index (χ0n) is 11.9. The average molecular weight is 285 g/mol. The quantitative estimate of drug-likeness (QED) is 0.763. The molecule has 0 aliphatic carbocycles. The Bertz CT molecular complexity index is 265. The molecule has 3 saturated heterocycles. The third-order valence-corrected chi connectivity index (χ3v) is 5.49. The molecule has 0 aromatic carbocycles. The van der Waals surface area contributed by atoms with E-state index >= 15 is 0 Å². The van der Waals surface area contributed by atoms with Crippen molar-refractivity contribution < 1.29 is 4.74 Å². The first-order valence-electron chi connectivity index (χ1n) is 7.86. The van der Waals surface area contributed by atoms with Crippen LogP contribution in [0.1, 0.15) is 25.7 Å². The van der Waals surface area contributed by atoms with Gasteiger partial charge in [-0.2, -0.15) is 11.8 Å². The van der Waals surface area contributed by atoms with E-state index < -0.39 is 0 Å². The van der Waals surface area contributed by atoms with Crippen LogP contribution in [0.5, 0.6) is 0 Å². The van der Waals surface area contributed by atoms with Crippen LogP contribution >= 0.6 is 11.8 Å². The van der Waals surface area contributed by atoms with Gasteiger partial charge in [0, 0.05) is 31.1 Å². The Kier molecular flexibility index (Phi) is 5.41. The van der Waals surface area contributed by atoms with Crippen LogP contribution in [-0.4, -0.2) is 78.5 Å². The second-order valence-electron chi connectivity index (χ2n) is 5.73. The van der Waals surface area contributed by atoms with Gasteiger partial charge in [-0.05, 0) is 25.9 Å². The van der Waals surface area contributed by atoms with Crippen molar-refractivity contribution in [2.24, 2.45) is 0 Å². The highest BCUT2D eigenvalue weighted by atomic mass is 32.2. The van der Waals surface area contributed by atoms with Crippen molar-refractivity contribution in [3.63, 3.8) is 0 Å². The van der Waals surface area contributed by atoms with Crippen LogP contribution < -0.4 is 0 Å². The topological polar surface area (TPSA) is 19.0 Å². The number of ether oxygens (including phenoxy) is 1. The third-order valence-electron chi connectivity index (χ3n) is 4.49. The molecule has 5 heteroatoms. The van der Waals surface area contributed by atoms with E-state index in [9.17, 15) is 0 Å². The molecule has 0 N–H and O–H groups in total. The van der Waals surface area contributed by atoms with Gasteiger partial charge in [0.2, 0.25) is 0 Å². The Morgan fingerprint density at radius 2 is 1.58 bits per heavy atom. The normalized spacial score (nSPS) is 33.2. The lowest BCUT2D eigenvalue weighted by Crippen LogP contribution is -2.61. The van der Waals surface area contributed by atoms with Gasteiger partial charge in [0.15, 0.2) is 0 Å². The molecular formula is C14H27N3OS. The summed E-state index contributed by atoms with van der Waals surface area (Å²) in [6, 6.07) is 0. The monoisotopic (exact) mass is 285 g/mol. The standard InChI is InChI=1S/C14H27N3OS/c1-2-4-6-15(5-3-1)14-13-19-12-9-17(14)16-7-10-18-11-8-16/h14H,1-13H2. The van der Waals surface area contributed by atoms with Gasteiger partial charge < -0.3 is 4.74 Å². The van der Waals surface area contributed by atoms with E-state index in [1.807, 2.05) is 0 Å². The third kappa shape index (κ3) is 3.64. The minimum absolute atomic E-state index is 0.634. The van der Waals surface area contributed by atoms with Crippen LogP contribution in [0.4, 0.5) is 0 Å². The van der Waals surface area contributed by atoms with Gasteiger partial charge in [0.05, 0.1) is 19.4 Å². The van der Waals surface area contributed by atoms with Gasteiger partial charge in [-0.15, -0.1) is 0 Å². The van der Waals surface area contributed by atoms with Crippen molar-refractivity contribution in [1.82, 2.24) is 14.9 Å². The van der Waals surface area contributed by atoms with Crippen LogP contribution in [0, 0.1) is 0 Å². The second kappa shape index (κ2) is 7.27. The molecule has 0 radical (unpaired) electrons. The van der Waals surface area contributed by atoms with E-state index in [1.54, 1.807) is 0 Å². The Morgan fingerprint density at radius 1 is 0.842 bits per heavy atom. The maximum absolute atomic E-state index is 5.50. The summed E-state index contributed by atoms with van der Waals surface area (Å²) in [7, 11) is 0. The molecule has 3 fully saturated rings. The minimum Gasteiger partial charge on any atom is -0.379 e. The summed E-state index contributed by atoms with van der Waals surface area (Å²) in [6.07, 6.45) is 6.26. The molecule has 0 aromatic rings. The summed E-state index contributed by atoms with van der Waals surface area (Å²) in [5, 5.41) is 5.21. The van der Waals surface area contributed by atoms with Gasteiger partial charge in [0.1, 0.15) is 0 Å². The summed E-state index contributed by atoms with van der Waals surface area (Å²) >= 11 is 2.13. The number of hydrogen-bond donors (Lipinski definition) is 0. The molecular weight excluding hydrogens is 258 g/mol. The molecule has 3 rings (SSSR count). The fourth-order valence-corrected chi connectivity index (χ4v) is 4.49. The van der Waals surface area contributed by atoms with Crippen molar-refractivity contribution in [1.29, 1.82) is 0 Å². The largest absolute Gasteiger partial charge is 0.379 e. The average Bonchev–Trinajstić information content (AvgIpc) is 2.77. The predicted octanol–water partition coefficient (Wildman–Crippen LogP) is 1.48. The van der Waals surface area contributed by atoms with Crippen LogP contribution in [0.2, 0.25) is 0 Å². The zero-order chi connectivity index (χ0) is 12.9. The molecule has 3 heterocycles. The molecule has 0 saturated carbocycles. The van der Waals surface area contributed by atoms with Crippen molar-refractivity contribution in [3.8, 4) is 0 Å². The molecule has 3 aliphatic heterocycles. The molecule has 110 valence electrons. The maximum Gasteiger partial charge on any atom is 0.0852 e. The lowest BCUT2D eigenvalue weighted by atomic mass is 10.2. The van der Waals surface area contributed by atoms with E-state index in [1.165, 1.54) is 56.8 Å². The van der Waals surface area contributed by atoms with Gasteiger partial charge >= 0.3 is 0 Å². The van der Waals surface area contributed by atoms with Gasteiger partial charge in [-0.1, -0.05) is 12.8 Å². The fraction of sp³-hybridized carbons (Fsp3) is 1.00. The summed E-state index contributed by atoms with van der Waals surface area (Å²) in [6.45, 7) is 7.76. The second-order valence-corrected chi connectivity index (χ2v) is 6.88. The molecule has 1 atom stereocenters. The van der Waals surface area contributed by atoms with Crippen LogP contribution in [0.15, 0.2) is 0 Å². The molecule has 0 aromatic heterocycles. The molecule has 19 heavy (non-hydrogen) atoms. The fourth-order valence-electron chi connectivity index (χ4n) is 3.41. The Morgan fingerprint density at radius 3 is 2.32 bits per heavy atom. The van der Waals surface area contributed by atoms with Crippen LogP contribution in [-0.2, 0) is 4.74 Å². The first-order valence-corrected chi connectivity index (χ1v) is 9.02. The number of thioether (sulfide) groups is 1. The number of hydrogen-bond acceptors (Lipinski definition) is 5. The van der Waals surface area contributed by atoms with Crippen LogP contribution in [0.3, 0.4) is 0 Å². The van der Waals surface area contributed by atoms with Crippen molar-refractivity contribution >= 4 is 11.8 Å². The molecule has 0 bridgehead atoms. The first-order chi connectivity index (χ1) is 9.45. The van der Waals surface area contributed by atoms with E-state index in [0.29, 0.717) is 6.17 Å².